The van der Waals surface area contributed by atoms with Crippen molar-refractivity contribution in [1.29, 1.82) is 0 Å². The maximum absolute atomic E-state index is 10.4. The average Bonchev–Trinajstić information content (AvgIpc) is 2.91. The number of rotatable bonds is 20. The molecule has 0 amide bonds. The van der Waals surface area contributed by atoms with E-state index < -0.39 is 23.9 Å². The van der Waals surface area contributed by atoms with Crippen molar-refractivity contribution in [2.24, 2.45) is 23.7 Å². The Morgan fingerprint density at radius 2 is 0.548 bits per heavy atom. The summed E-state index contributed by atoms with van der Waals surface area (Å²) in [6, 6.07) is 0. The molecule has 0 aliphatic heterocycles. The Kier molecular flexibility index (Phi) is 50.2. The van der Waals surface area contributed by atoms with E-state index in [-0.39, 0.29) is 53.1 Å². The molecule has 10 heteroatoms. The standard InChI is InChI=1S/4C8H16O2.H2O.Sn.2H/c4*1-3-5-6-7(4-2)8(9)10;;;;/h4*7H,3-6H2,1-2H3,(H,9,10);1H2;;;. The fourth-order valence-corrected chi connectivity index (χ4v) is 3.81. The Morgan fingerprint density at radius 1 is 0.405 bits per heavy atom. The van der Waals surface area contributed by atoms with E-state index in [2.05, 4.69) is 27.7 Å². The first-order valence-corrected chi connectivity index (χ1v) is 15.8. The van der Waals surface area contributed by atoms with Crippen molar-refractivity contribution in [2.75, 3.05) is 0 Å². The van der Waals surface area contributed by atoms with Gasteiger partial charge in [0.05, 0.1) is 23.7 Å². The zero-order valence-electron chi connectivity index (χ0n) is 28.3. The van der Waals surface area contributed by atoms with Crippen molar-refractivity contribution in [3.05, 3.63) is 0 Å². The van der Waals surface area contributed by atoms with E-state index >= 15 is 0 Å². The van der Waals surface area contributed by atoms with E-state index in [0.29, 0.717) is 0 Å². The first kappa shape index (κ1) is 53.2. The molecule has 0 aromatic carbocycles. The van der Waals surface area contributed by atoms with Gasteiger partial charge in [0.15, 0.2) is 0 Å². The van der Waals surface area contributed by atoms with Crippen LogP contribution in [0.25, 0.3) is 0 Å². The molecule has 0 heterocycles. The topological polar surface area (TPSA) is 181 Å². The summed E-state index contributed by atoms with van der Waals surface area (Å²) in [5, 5.41) is 34.4. The Labute approximate surface area is 273 Å². The molecule has 4 unspecified atom stereocenters. The van der Waals surface area contributed by atoms with Crippen LogP contribution in [0.2, 0.25) is 0 Å². The third-order valence-electron chi connectivity index (χ3n) is 6.99. The quantitative estimate of drug-likeness (QED) is 0.0941. The Morgan fingerprint density at radius 3 is 0.619 bits per heavy atom. The summed E-state index contributed by atoms with van der Waals surface area (Å²) in [4.78, 5) is 41.7. The summed E-state index contributed by atoms with van der Waals surface area (Å²) in [6.45, 7) is 16.0. The molecule has 0 aliphatic rings. The molecule has 9 nitrogen and oxygen atoms in total. The summed E-state index contributed by atoms with van der Waals surface area (Å²) in [6.07, 6.45) is 14.9. The van der Waals surface area contributed by atoms with Crippen molar-refractivity contribution in [3.63, 3.8) is 0 Å². The van der Waals surface area contributed by atoms with Crippen LogP contribution in [-0.2, 0) is 19.2 Å². The molecule has 0 saturated carbocycles. The molecule has 0 rings (SSSR count). The van der Waals surface area contributed by atoms with Gasteiger partial charge in [-0.25, -0.2) is 0 Å². The fourth-order valence-electron chi connectivity index (χ4n) is 3.81. The van der Waals surface area contributed by atoms with E-state index in [1.54, 1.807) is 0 Å². The molecule has 0 aliphatic carbocycles. The zero-order valence-corrected chi connectivity index (χ0v) is 32.3. The molecule has 0 aromatic rings. The number of carbonyl (C=O) groups is 4. The molecule has 2 radical (unpaired) electrons. The van der Waals surface area contributed by atoms with E-state index in [1.807, 2.05) is 27.7 Å². The van der Waals surface area contributed by atoms with Crippen LogP contribution in [0.5, 0.6) is 0 Å². The zero-order chi connectivity index (χ0) is 31.9. The summed E-state index contributed by atoms with van der Waals surface area (Å²) in [7, 11) is 0. The Balaban J connectivity index is -0.000000101. The van der Waals surface area contributed by atoms with E-state index in [1.165, 1.54) is 0 Å². The van der Waals surface area contributed by atoms with Gasteiger partial charge in [0.2, 0.25) is 0 Å². The van der Waals surface area contributed by atoms with Gasteiger partial charge in [-0.1, -0.05) is 107 Å². The van der Waals surface area contributed by atoms with Crippen molar-refractivity contribution < 1.29 is 45.1 Å². The van der Waals surface area contributed by atoms with E-state index in [9.17, 15) is 19.2 Å². The van der Waals surface area contributed by atoms with Gasteiger partial charge >= 0.3 is 47.8 Å². The van der Waals surface area contributed by atoms with Crippen LogP contribution in [0.1, 0.15) is 158 Å². The first-order chi connectivity index (χ1) is 18.9. The third-order valence-corrected chi connectivity index (χ3v) is 6.99. The van der Waals surface area contributed by atoms with E-state index in [0.717, 1.165) is 103 Å². The van der Waals surface area contributed by atoms with Crippen LogP contribution in [0.15, 0.2) is 0 Å². The molecular formula is C32H68O9Sn. The van der Waals surface area contributed by atoms with Crippen LogP contribution in [0, 0.1) is 23.7 Å². The van der Waals surface area contributed by atoms with Gasteiger partial charge in [0.1, 0.15) is 0 Å². The van der Waals surface area contributed by atoms with Crippen molar-refractivity contribution in [1.82, 2.24) is 0 Å². The monoisotopic (exact) mass is 716 g/mol. The van der Waals surface area contributed by atoms with Crippen LogP contribution in [0.3, 0.4) is 0 Å². The number of carboxylic acids is 4. The number of hydrogen-bond donors (Lipinski definition) is 4. The molecule has 0 spiro atoms. The first-order valence-electron chi connectivity index (χ1n) is 15.8. The van der Waals surface area contributed by atoms with Crippen LogP contribution in [0.4, 0.5) is 0 Å². The molecule has 254 valence electrons. The number of carboxylic acid groups (broad SMARTS) is 4. The molecule has 0 saturated heterocycles. The van der Waals surface area contributed by atoms with Crippen molar-refractivity contribution in [2.45, 2.75) is 158 Å². The Bertz CT molecular complexity index is 511. The van der Waals surface area contributed by atoms with Crippen LogP contribution >= 0.6 is 0 Å². The molecule has 0 aromatic heterocycles. The normalized spacial score (nSPS) is 12.4. The summed E-state index contributed by atoms with van der Waals surface area (Å²) >= 11 is 0. The fraction of sp³-hybridized carbons (Fsp3) is 0.875. The van der Waals surface area contributed by atoms with Crippen LogP contribution < -0.4 is 0 Å². The van der Waals surface area contributed by atoms with Gasteiger partial charge in [-0.2, -0.15) is 0 Å². The van der Waals surface area contributed by atoms with Gasteiger partial charge in [-0.05, 0) is 51.4 Å². The van der Waals surface area contributed by atoms with Gasteiger partial charge in [-0.15, -0.1) is 0 Å². The number of aliphatic carboxylic acids is 4. The molecule has 4 atom stereocenters. The van der Waals surface area contributed by atoms with E-state index in [4.69, 9.17) is 20.4 Å². The number of hydrogen-bond acceptors (Lipinski definition) is 4. The second kappa shape index (κ2) is 39.6. The number of unbranched alkanes of at least 4 members (excludes halogenated alkanes) is 4. The SMILES string of the molecule is CCCCC(CC)C(=O)O.CCCCC(CC)C(=O)O.CCCCC(CC)C(=O)O.CCCCC(CC)C(=O)O.O.[SnH2]. The maximum atomic E-state index is 10.4. The molecule has 0 fully saturated rings. The Hall–Kier alpha value is -1.36. The van der Waals surface area contributed by atoms with Gasteiger partial charge in [0, 0.05) is 0 Å². The molecule has 42 heavy (non-hydrogen) atoms. The van der Waals surface area contributed by atoms with Gasteiger partial charge < -0.3 is 25.9 Å². The minimum absolute atomic E-state index is 0. The van der Waals surface area contributed by atoms with Crippen molar-refractivity contribution in [3.8, 4) is 0 Å². The van der Waals surface area contributed by atoms with Crippen LogP contribution in [-0.4, -0.2) is 73.7 Å². The summed E-state index contributed by atoms with van der Waals surface area (Å²) in [5.74, 6) is -3.02. The summed E-state index contributed by atoms with van der Waals surface area (Å²) < 4.78 is 0. The minimum atomic E-state index is -0.643. The summed E-state index contributed by atoms with van der Waals surface area (Å²) in [5.41, 5.74) is 0. The molecule has 0 bridgehead atoms. The molecular weight excluding hydrogens is 647 g/mol. The van der Waals surface area contributed by atoms with Crippen molar-refractivity contribution >= 4 is 47.8 Å². The second-order valence-electron chi connectivity index (χ2n) is 10.3. The third kappa shape index (κ3) is 36.7. The van der Waals surface area contributed by atoms with Gasteiger partial charge in [-0.3, -0.25) is 19.2 Å². The van der Waals surface area contributed by atoms with Gasteiger partial charge in [0.25, 0.3) is 0 Å². The average molecular weight is 716 g/mol. The predicted octanol–water partition coefficient (Wildman–Crippen LogP) is 7.41. The molecule has 6 N–H and O–H groups in total. The predicted molar refractivity (Wildman–Crippen MR) is 176 cm³/mol. The second-order valence-corrected chi connectivity index (χ2v) is 10.3.